The molecule has 0 amide bonds. The number of aromatic hydroxyl groups is 1. The summed E-state index contributed by atoms with van der Waals surface area (Å²) >= 11 is 0. The highest BCUT2D eigenvalue weighted by Crippen LogP contribution is 2.61. The van der Waals surface area contributed by atoms with Gasteiger partial charge in [-0.25, -0.2) is 9.36 Å². The maximum absolute atomic E-state index is 12.9. The monoisotopic (exact) mass is 485 g/mol. The first kappa shape index (κ1) is 22.2. The molecule has 0 saturated heterocycles. The number of phosphoric acid groups is 1. The van der Waals surface area contributed by atoms with E-state index in [1.807, 2.05) is 0 Å². The zero-order valence-corrected chi connectivity index (χ0v) is 18.7. The van der Waals surface area contributed by atoms with Crippen LogP contribution in [-0.4, -0.2) is 27.5 Å². The lowest BCUT2D eigenvalue weighted by atomic mass is 9.77. The van der Waals surface area contributed by atoms with Crippen LogP contribution >= 0.6 is 7.82 Å². The minimum absolute atomic E-state index is 0.0186. The van der Waals surface area contributed by atoms with Crippen LogP contribution in [-0.2, 0) is 21.4 Å². The Morgan fingerprint density at radius 2 is 1.74 bits per heavy atom. The molecule has 0 radical (unpaired) electrons. The fraction of sp³-hybridized carbons (Fsp3) is 0.174. The van der Waals surface area contributed by atoms with Crippen molar-refractivity contribution in [3.63, 3.8) is 0 Å². The van der Waals surface area contributed by atoms with Gasteiger partial charge in [-0.05, 0) is 37.3 Å². The van der Waals surface area contributed by atoms with Crippen LogP contribution in [0.15, 0.2) is 48.5 Å². The van der Waals surface area contributed by atoms with Crippen LogP contribution in [0.25, 0.3) is 0 Å². The summed E-state index contributed by atoms with van der Waals surface area (Å²) < 4.78 is 34.3. The first-order valence-electron chi connectivity index (χ1n) is 10.3. The fourth-order valence-corrected chi connectivity index (χ4v) is 4.88. The molecule has 176 valence electrons. The van der Waals surface area contributed by atoms with E-state index in [4.69, 9.17) is 24.5 Å². The van der Waals surface area contributed by atoms with Gasteiger partial charge < -0.3 is 29.6 Å². The Hall–Kier alpha value is -3.56. The number of hydrogen-bond acceptors (Lipinski definition) is 8. The van der Waals surface area contributed by atoms with Crippen molar-refractivity contribution in [2.45, 2.75) is 19.1 Å². The van der Waals surface area contributed by atoms with Crippen LogP contribution in [0.2, 0.25) is 0 Å². The summed E-state index contributed by atoms with van der Waals surface area (Å²) in [4.78, 5) is 31.7. The Balaban J connectivity index is 1.89. The Morgan fingerprint density at radius 1 is 1.03 bits per heavy atom. The van der Waals surface area contributed by atoms with Crippen LogP contribution in [0.3, 0.4) is 0 Å². The summed E-state index contributed by atoms with van der Waals surface area (Å²) in [6.45, 7) is 1.69. The van der Waals surface area contributed by atoms with Gasteiger partial charge in [0.05, 0.1) is 23.3 Å². The van der Waals surface area contributed by atoms with Gasteiger partial charge in [-0.1, -0.05) is 18.2 Å². The van der Waals surface area contributed by atoms with E-state index < -0.39 is 19.4 Å². The van der Waals surface area contributed by atoms with E-state index in [1.165, 1.54) is 18.2 Å². The second-order valence-electron chi connectivity index (χ2n) is 7.65. The van der Waals surface area contributed by atoms with Crippen molar-refractivity contribution in [1.82, 2.24) is 0 Å². The quantitative estimate of drug-likeness (QED) is 0.312. The zero-order valence-electron chi connectivity index (χ0n) is 17.8. The highest BCUT2D eigenvalue weighted by Gasteiger charge is 2.55. The van der Waals surface area contributed by atoms with E-state index in [1.54, 1.807) is 37.3 Å². The maximum atomic E-state index is 12.9. The molecule has 10 nitrogen and oxygen atoms in total. The number of carbonyl (C=O) groups is 1. The van der Waals surface area contributed by atoms with Crippen LogP contribution in [0.1, 0.15) is 39.5 Å². The highest BCUT2D eigenvalue weighted by atomic mass is 31.2. The second kappa shape index (κ2) is 7.75. The van der Waals surface area contributed by atoms with Gasteiger partial charge in [0.2, 0.25) is 5.75 Å². The van der Waals surface area contributed by atoms with Crippen molar-refractivity contribution in [3.05, 3.63) is 76.3 Å². The van der Waals surface area contributed by atoms with E-state index in [0.717, 1.165) is 0 Å². The SMILES string of the molecule is CCOc1c(OP(=O)(O)O)ccc2c1Oc1c(ccc(O)c1CN)C21OC(=O)c2ccccc21. The van der Waals surface area contributed by atoms with Gasteiger partial charge in [-0.3, -0.25) is 9.79 Å². The summed E-state index contributed by atoms with van der Waals surface area (Å²) in [5.74, 6) is -0.887. The Kier molecular flexibility index (Phi) is 5.07. The molecule has 3 aromatic carbocycles. The lowest BCUT2D eigenvalue weighted by molar-refractivity contribution is 0.0221. The van der Waals surface area contributed by atoms with E-state index in [0.29, 0.717) is 22.3 Å². The topological polar surface area (TPSA) is 158 Å². The van der Waals surface area contributed by atoms with E-state index in [2.05, 4.69) is 0 Å². The molecule has 1 atom stereocenters. The summed E-state index contributed by atoms with van der Waals surface area (Å²) in [6, 6.07) is 12.7. The molecule has 11 heteroatoms. The summed E-state index contributed by atoms with van der Waals surface area (Å²) in [7, 11) is -4.94. The molecule has 3 aromatic rings. The molecule has 0 fully saturated rings. The van der Waals surface area contributed by atoms with Crippen molar-refractivity contribution >= 4 is 13.8 Å². The van der Waals surface area contributed by atoms with Crippen LogP contribution in [0.4, 0.5) is 0 Å². The van der Waals surface area contributed by atoms with Crippen LogP contribution < -0.4 is 19.7 Å². The summed E-state index contributed by atoms with van der Waals surface area (Å²) in [5.41, 5.74) is 6.34. The standard InChI is InChI=1S/C23H20NO9P/c1-2-30-21-18(33-34(27,28)29)10-8-16-20(21)31-19-13(11-24)17(25)9-7-15(19)23(16)14-6-4-3-5-12(14)22(26)32-23/h3-10,25H,2,11,24H2,1H3,(H2,27,28,29). The lowest BCUT2D eigenvalue weighted by Gasteiger charge is -2.38. The zero-order chi connectivity index (χ0) is 24.3. The number of rotatable bonds is 5. The van der Waals surface area contributed by atoms with Crippen molar-refractivity contribution in [2.75, 3.05) is 6.61 Å². The molecule has 0 bridgehead atoms. The fourth-order valence-electron chi connectivity index (χ4n) is 4.48. The Bertz CT molecular complexity index is 1380. The molecule has 0 aromatic heterocycles. The number of ether oxygens (including phenoxy) is 3. The first-order chi connectivity index (χ1) is 16.2. The molecule has 34 heavy (non-hydrogen) atoms. The smallest absolute Gasteiger partial charge is 0.507 e. The predicted octanol–water partition coefficient (Wildman–Crippen LogP) is 3.29. The van der Waals surface area contributed by atoms with Gasteiger partial charge >= 0.3 is 13.8 Å². The number of fused-ring (bicyclic) bond motifs is 6. The third kappa shape index (κ3) is 3.15. The van der Waals surface area contributed by atoms with Gasteiger partial charge in [-0.15, -0.1) is 0 Å². The van der Waals surface area contributed by atoms with Crippen LogP contribution in [0, 0.1) is 0 Å². The van der Waals surface area contributed by atoms with E-state index in [9.17, 15) is 24.3 Å². The number of phenolic OH excluding ortho intramolecular Hbond substituents is 1. The average molecular weight is 485 g/mol. The number of nitrogens with two attached hydrogens (primary N) is 1. The molecule has 1 spiro atoms. The van der Waals surface area contributed by atoms with Gasteiger partial charge in [0.15, 0.2) is 17.1 Å². The number of phosphoric ester groups is 1. The van der Waals surface area contributed by atoms with Gasteiger partial charge in [0.25, 0.3) is 0 Å². The lowest BCUT2D eigenvalue weighted by Crippen LogP contribution is -2.33. The number of esters is 1. The maximum Gasteiger partial charge on any atom is 0.524 e. The third-order valence-corrected chi connectivity index (χ3v) is 6.19. The molecule has 2 heterocycles. The third-order valence-electron chi connectivity index (χ3n) is 5.76. The van der Waals surface area contributed by atoms with Gasteiger partial charge in [0.1, 0.15) is 11.5 Å². The van der Waals surface area contributed by atoms with E-state index in [-0.39, 0.29) is 47.5 Å². The average Bonchev–Trinajstić information content (AvgIpc) is 3.08. The molecule has 5 rings (SSSR count). The minimum atomic E-state index is -4.94. The second-order valence-corrected chi connectivity index (χ2v) is 8.81. The molecular formula is C23H20NO9P. The molecule has 0 saturated carbocycles. The number of carbonyl (C=O) groups excluding carboxylic acids is 1. The molecule has 0 aliphatic carbocycles. The van der Waals surface area contributed by atoms with Crippen molar-refractivity contribution < 1.29 is 43.0 Å². The number of hydrogen-bond donors (Lipinski definition) is 4. The number of benzene rings is 3. The molecule has 2 aliphatic heterocycles. The van der Waals surface area contributed by atoms with Crippen molar-refractivity contribution in [1.29, 1.82) is 0 Å². The molecule has 1 unspecified atom stereocenters. The number of phenols is 1. The van der Waals surface area contributed by atoms with E-state index >= 15 is 0 Å². The summed E-state index contributed by atoms with van der Waals surface area (Å²) in [5, 5.41) is 10.4. The van der Waals surface area contributed by atoms with Crippen molar-refractivity contribution in [3.8, 4) is 28.7 Å². The molecule has 5 N–H and O–H groups in total. The normalized spacial score (nSPS) is 17.9. The predicted molar refractivity (Wildman–Crippen MR) is 118 cm³/mol. The molecular weight excluding hydrogens is 465 g/mol. The first-order valence-corrected chi connectivity index (χ1v) is 11.9. The molecule has 2 aliphatic rings. The van der Waals surface area contributed by atoms with Crippen molar-refractivity contribution in [2.24, 2.45) is 5.73 Å². The van der Waals surface area contributed by atoms with Gasteiger partial charge in [-0.2, -0.15) is 0 Å². The minimum Gasteiger partial charge on any atom is -0.507 e. The Labute approximate surface area is 193 Å². The van der Waals surface area contributed by atoms with Gasteiger partial charge in [0, 0.05) is 17.7 Å². The summed E-state index contributed by atoms with van der Waals surface area (Å²) in [6.07, 6.45) is 0. The largest absolute Gasteiger partial charge is 0.524 e. The highest BCUT2D eigenvalue weighted by molar-refractivity contribution is 7.46. The Morgan fingerprint density at radius 3 is 2.44 bits per heavy atom. The van der Waals surface area contributed by atoms with Crippen LogP contribution in [0.5, 0.6) is 28.7 Å².